The number of aliphatic hydroxyl groups excluding tert-OH is 2. The highest BCUT2D eigenvalue weighted by Crippen LogP contribution is 2.47. The maximum absolute atomic E-state index is 10.5. The summed E-state index contributed by atoms with van der Waals surface area (Å²) in [5.41, 5.74) is 5.96. The number of rotatable bonds is 15. The van der Waals surface area contributed by atoms with Crippen molar-refractivity contribution in [2.24, 2.45) is 11.8 Å². The van der Waals surface area contributed by atoms with Gasteiger partial charge in [0.25, 0.3) is 0 Å². The number of hydrogen-bond acceptors (Lipinski definition) is 6. The van der Waals surface area contributed by atoms with E-state index >= 15 is 0 Å². The van der Waals surface area contributed by atoms with E-state index in [9.17, 15) is 15.3 Å². The van der Waals surface area contributed by atoms with Gasteiger partial charge in [0, 0.05) is 55.2 Å². The van der Waals surface area contributed by atoms with Crippen LogP contribution >= 0.6 is 0 Å². The number of benzene rings is 1. The Labute approximate surface area is 250 Å². The summed E-state index contributed by atoms with van der Waals surface area (Å²) in [5, 5.41) is 33.5. The molecular formula is C35H50N2O5. The van der Waals surface area contributed by atoms with Crippen LogP contribution < -0.4 is 10.1 Å². The molecule has 5 rings (SSSR count). The molecule has 2 heterocycles. The first-order chi connectivity index (χ1) is 20.4. The number of ether oxygens (including phenoxy) is 1. The van der Waals surface area contributed by atoms with Crippen LogP contribution in [0.4, 0.5) is 0 Å². The number of furan rings is 1. The Morgan fingerprint density at radius 2 is 1.98 bits per heavy atom. The van der Waals surface area contributed by atoms with Crippen molar-refractivity contribution in [3.05, 3.63) is 69.9 Å². The van der Waals surface area contributed by atoms with Gasteiger partial charge in [-0.3, -0.25) is 0 Å². The zero-order valence-electron chi connectivity index (χ0n) is 25.5. The molecule has 42 heavy (non-hydrogen) atoms. The molecule has 1 saturated carbocycles. The molecule has 0 bridgehead atoms. The van der Waals surface area contributed by atoms with E-state index in [0.717, 1.165) is 80.1 Å². The van der Waals surface area contributed by atoms with Gasteiger partial charge in [0.1, 0.15) is 11.5 Å². The summed E-state index contributed by atoms with van der Waals surface area (Å²) in [5.74, 6) is 4.44. The first-order valence-corrected chi connectivity index (χ1v) is 16.2. The molecule has 230 valence electrons. The second kappa shape index (κ2) is 14.6. The molecule has 2 aliphatic rings. The van der Waals surface area contributed by atoms with Gasteiger partial charge in [-0.1, -0.05) is 32.3 Å². The van der Waals surface area contributed by atoms with E-state index in [2.05, 4.69) is 23.3 Å². The maximum atomic E-state index is 10.5. The van der Waals surface area contributed by atoms with Crippen molar-refractivity contribution in [3.8, 4) is 11.5 Å². The molecule has 0 saturated heterocycles. The largest absolute Gasteiger partial charge is 0.504 e. The topological polar surface area (TPSA) is 111 Å². The summed E-state index contributed by atoms with van der Waals surface area (Å²) in [6.07, 6.45) is 11.2. The van der Waals surface area contributed by atoms with Crippen LogP contribution in [0.25, 0.3) is 0 Å². The van der Waals surface area contributed by atoms with Crippen LogP contribution in [0.5, 0.6) is 11.5 Å². The second-order valence-electron chi connectivity index (χ2n) is 12.6. The molecule has 2 aromatic heterocycles. The zero-order valence-corrected chi connectivity index (χ0v) is 25.5. The molecule has 7 heteroatoms. The van der Waals surface area contributed by atoms with Crippen LogP contribution in [-0.4, -0.2) is 46.1 Å². The van der Waals surface area contributed by atoms with E-state index in [-0.39, 0.29) is 18.5 Å². The van der Waals surface area contributed by atoms with Crippen molar-refractivity contribution >= 4 is 0 Å². The predicted molar refractivity (Wildman–Crippen MR) is 165 cm³/mol. The molecule has 0 spiro atoms. The number of nitrogens with one attached hydrogen (secondary N) is 2. The highest BCUT2D eigenvalue weighted by atomic mass is 16.5. The highest BCUT2D eigenvalue weighted by molar-refractivity contribution is 5.42. The Morgan fingerprint density at radius 1 is 1.10 bits per heavy atom. The number of aryl methyl sites for hydroxylation is 4. The van der Waals surface area contributed by atoms with Crippen molar-refractivity contribution in [2.75, 3.05) is 19.7 Å². The van der Waals surface area contributed by atoms with E-state index in [1.807, 2.05) is 25.1 Å². The SMILES string of the molecule is CCCCc1oc(CCc2ccc(O)c(OCCc3cc4c([nH]3)CC[C@H]3CCC[C@@H]3[C@H]4CNC[C@H](C)O)c2)cc1CO. The number of aromatic nitrogens is 1. The minimum atomic E-state index is -0.337. The molecular weight excluding hydrogens is 528 g/mol. The average molecular weight is 579 g/mol. The number of hydrogen-bond donors (Lipinski definition) is 5. The number of phenols is 1. The standard InChI is InChI=1S/C35H50N2O5/c1-3-4-8-34-26(22-38)18-28(42-34)12-9-24-10-14-33(40)35(17-24)41-16-15-27-19-30-31(21-36-20-23(2)39)29-7-5-6-25(29)11-13-32(30)37-27/h10,14,17-19,23,25,29,31,36-40H,3-9,11-13,15-16,20-22H2,1-2H3/t23-,25+,29-,31+/m0/s1. The molecule has 0 unspecified atom stereocenters. The Morgan fingerprint density at radius 3 is 2.79 bits per heavy atom. The number of phenolic OH excluding ortho intramolecular Hbond substituents is 1. The lowest BCUT2D eigenvalue weighted by Crippen LogP contribution is -2.32. The monoisotopic (exact) mass is 578 g/mol. The molecule has 0 aliphatic heterocycles. The minimum Gasteiger partial charge on any atom is -0.504 e. The van der Waals surface area contributed by atoms with Gasteiger partial charge < -0.3 is 34.8 Å². The van der Waals surface area contributed by atoms with Gasteiger partial charge in [-0.25, -0.2) is 0 Å². The molecule has 5 N–H and O–H groups in total. The van der Waals surface area contributed by atoms with Crippen molar-refractivity contribution in [2.45, 2.75) is 103 Å². The molecule has 1 aromatic carbocycles. The third kappa shape index (κ3) is 7.61. The maximum Gasteiger partial charge on any atom is 0.161 e. The summed E-state index contributed by atoms with van der Waals surface area (Å²) in [4.78, 5) is 3.72. The van der Waals surface area contributed by atoms with Crippen molar-refractivity contribution in [1.29, 1.82) is 0 Å². The third-order valence-electron chi connectivity index (χ3n) is 9.38. The summed E-state index contributed by atoms with van der Waals surface area (Å²) < 4.78 is 12.1. The van der Waals surface area contributed by atoms with Gasteiger partial charge in [0.2, 0.25) is 0 Å². The van der Waals surface area contributed by atoms with Gasteiger partial charge in [-0.2, -0.15) is 0 Å². The quantitative estimate of drug-likeness (QED) is 0.152. The number of fused-ring (bicyclic) bond motifs is 2. The fraction of sp³-hybridized carbons (Fsp3) is 0.600. The first kappa shape index (κ1) is 30.7. The van der Waals surface area contributed by atoms with Crippen LogP contribution in [0.15, 0.2) is 34.7 Å². The number of aliphatic hydroxyl groups is 2. The Balaban J connectivity index is 1.18. The molecule has 2 aliphatic carbocycles. The fourth-order valence-electron chi connectivity index (χ4n) is 7.17. The van der Waals surface area contributed by atoms with Gasteiger partial charge in [0.15, 0.2) is 11.5 Å². The first-order valence-electron chi connectivity index (χ1n) is 16.2. The van der Waals surface area contributed by atoms with Crippen LogP contribution in [0.2, 0.25) is 0 Å². The lowest BCUT2D eigenvalue weighted by Gasteiger charge is -2.27. The summed E-state index contributed by atoms with van der Waals surface area (Å²) in [7, 11) is 0. The minimum absolute atomic E-state index is 0.00514. The van der Waals surface area contributed by atoms with Gasteiger partial charge in [0.05, 0.1) is 19.3 Å². The second-order valence-corrected chi connectivity index (χ2v) is 12.6. The highest BCUT2D eigenvalue weighted by Gasteiger charge is 2.38. The number of H-pyrrole nitrogens is 1. The molecule has 0 radical (unpaired) electrons. The molecule has 7 nitrogen and oxygen atoms in total. The summed E-state index contributed by atoms with van der Waals surface area (Å²) in [6.45, 7) is 6.01. The molecule has 3 aromatic rings. The summed E-state index contributed by atoms with van der Waals surface area (Å²) in [6, 6.07) is 9.89. The van der Waals surface area contributed by atoms with Crippen LogP contribution in [-0.2, 0) is 38.7 Å². The van der Waals surface area contributed by atoms with Crippen molar-refractivity contribution in [3.63, 3.8) is 0 Å². The number of aromatic amines is 1. The molecule has 0 amide bonds. The lowest BCUT2D eigenvalue weighted by molar-refractivity contribution is 0.188. The van der Waals surface area contributed by atoms with E-state index in [0.29, 0.717) is 30.7 Å². The third-order valence-corrected chi connectivity index (χ3v) is 9.38. The fourth-order valence-corrected chi connectivity index (χ4v) is 7.17. The van der Waals surface area contributed by atoms with E-state index in [1.54, 1.807) is 6.07 Å². The van der Waals surface area contributed by atoms with E-state index in [1.165, 1.54) is 42.6 Å². The van der Waals surface area contributed by atoms with Crippen LogP contribution in [0, 0.1) is 11.8 Å². The van der Waals surface area contributed by atoms with Gasteiger partial charge in [-0.15, -0.1) is 0 Å². The smallest absolute Gasteiger partial charge is 0.161 e. The van der Waals surface area contributed by atoms with Gasteiger partial charge >= 0.3 is 0 Å². The van der Waals surface area contributed by atoms with Gasteiger partial charge in [-0.05, 0) is 86.3 Å². The molecule has 4 atom stereocenters. The number of unbranched alkanes of at least 4 members (excludes halogenated alkanes) is 1. The summed E-state index contributed by atoms with van der Waals surface area (Å²) >= 11 is 0. The van der Waals surface area contributed by atoms with Crippen molar-refractivity contribution in [1.82, 2.24) is 10.3 Å². The Bertz CT molecular complexity index is 1280. The van der Waals surface area contributed by atoms with Crippen molar-refractivity contribution < 1.29 is 24.5 Å². The molecule has 1 fully saturated rings. The lowest BCUT2D eigenvalue weighted by atomic mass is 9.81. The van der Waals surface area contributed by atoms with E-state index < -0.39 is 0 Å². The van der Waals surface area contributed by atoms with Crippen LogP contribution in [0.3, 0.4) is 0 Å². The van der Waals surface area contributed by atoms with E-state index in [4.69, 9.17) is 9.15 Å². The average Bonchev–Trinajstić information content (AvgIpc) is 3.70. The Kier molecular flexibility index (Phi) is 10.7. The Hall–Kier alpha value is -2.74. The normalized spacial score (nSPS) is 20.7. The zero-order chi connectivity index (χ0) is 29.5. The number of aromatic hydroxyl groups is 1. The predicted octanol–water partition coefficient (Wildman–Crippen LogP) is 5.97. The van der Waals surface area contributed by atoms with Crippen LogP contribution in [0.1, 0.15) is 97.9 Å².